The summed E-state index contributed by atoms with van der Waals surface area (Å²) < 4.78 is 24.9. The molecule has 0 aromatic heterocycles. The first-order valence-electron chi connectivity index (χ1n) is 6.80. The lowest BCUT2D eigenvalue weighted by Gasteiger charge is -2.29. The second kappa shape index (κ2) is 6.50. The van der Waals surface area contributed by atoms with Crippen LogP contribution in [0, 0.1) is 17.2 Å². The first-order chi connectivity index (χ1) is 9.93. The molecule has 21 heavy (non-hydrogen) atoms. The molecule has 4 nitrogen and oxygen atoms in total. The predicted octanol–water partition coefficient (Wildman–Crippen LogP) is 3.21. The van der Waals surface area contributed by atoms with Crippen molar-refractivity contribution in [3.63, 3.8) is 0 Å². The molecule has 0 N–H and O–H groups in total. The molecule has 1 heterocycles. The number of hydrogen-bond acceptors (Lipinski definition) is 4. The Hall–Kier alpha value is -1.51. The molecule has 1 aliphatic heterocycles. The molecule has 0 amide bonds. The van der Waals surface area contributed by atoms with Gasteiger partial charge < -0.3 is 4.90 Å². The zero-order valence-electron chi connectivity index (χ0n) is 11.8. The summed E-state index contributed by atoms with van der Waals surface area (Å²) in [5.74, 6) is 0.646. The highest BCUT2D eigenvalue weighted by Crippen LogP contribution is 2.23. The third-order valence-electron chi connectivity index (χ3n) is 3.64. The molecule has 1 saturated heterocycles. The van der Waals surface area contributed by atoms with Gasteiger partial charge in [-0.25, -0.2) is 8.42 Å². The highest BCUT2D eigenvalue weighted by molar-refractivity contribution is 7.95. The Bertz CT molecular complexity index is 667. The number of hydrogen-bond donors (Lipinski definition) is 0. The topological polar surface area (TPSA) is 61.2 Å². The van der Waals surface area contributed by atoms with Crippen LogP contribution in [0.1, 0.15) is 19.8 Å². The number of piperidine rings is 1. The summed E-state index contributed by atoms with van der Waals surface area (Å²) in [5, 5.41) is 9.67. The van der Waals surface area contributed by atoms with Gasteiger partial charge in [0, 0.05) is 24.3 Å². The van der Waals surface area contributed by atoms with Crippen molar-refractivity contribution in [1.29, 1.82) is 5.26 Å². The fraction of sp³-hybridized carbons (Fsp3) is 0.400. The second-order valence-electron chi connectivity index (χ2n) is 5.28. The van der Waals surface area contributed by atoms with Crippen LogP contribution in [0.3, 0.4) is 0 Å². The van der Waals surface area contributed by atoms with Crippen LogP contribution in [-0.4, -0.2) is 26.4 Å². The Morgan fingerprint density at radius 1 is 1.33 bits per heavy atom. The highest BCUT2D eigenvalue weighted by atomic mass is 35.5. The van der Waals surface area contributed by atoms with Crippen LogP contribution >= 0.6 is 11.6 Å². The van der Waals surface area contributed by atoms with E-state index in [2.05, 4.69) is 6.92 Å². The van der Waals surface area contributed by atoms with Gasteiger partial charge in [0.25, 0.3) is 0 Å². The van der Waals surface area contributed by atoms with Gasteiger partial charge in [-0.3, -0.25) is 0 Å². The molecule has 1 fully saturated rings. The molecule has 1 aliphatic rings. The zero-order chi connectivity index (χ0) is 15.5. The average Bonchev–Trinajstić information content (AvgIpc) is 2.47. The molecule has 2 rings (SSSR count). The fourth-order valence-electron chi connectivity index (χ4n) is 2.22. The summed E-state index contributed by atoms with van der Waals surface area (Å²) in [6.45, 7) is 3.74. The number of rotatable bonds is 3. The van der Waals surface area contributed by atoms with Gasteiger partial charge in [-0.1, -0.05) is 18.5 Å². The van der Waals surface area contributed by atoms with Gasteiger partial charge >= 0.3 is 0 Å². The van der Waals surface area contributed by atoms with E-state index in [0.717, 1.165) is 25.9 Å². The molecule has 6 heteroatoms. The Morgan fingerprint density at radius 2 is 1.90 bits per heavy atom. The van der Waals surface area contributed by atoms with E-state index >= 15 is 0 Å². The second-order valence-corrected chi connectivity index (χ2v) is 7.64. The summed E-state index contributed by atoms with van der Waals surface area (Å²) in [5.41, 5.74) is 0. The fourth-order valence-corrected chi connectivity index (χ4v) is 3.50. The van der Waals surface area contributed by atoms with E-state index < -0.39 is 9.84 Å². The van der Waals surface area contributed by atoms with Crippen molar-refractivity contribution >= 4 is 21.4 Å². The minimum Gasteiger partial charge on any atom is -0.376 e. The van der Waals surface area contributed by atoms with E-state index in [1.165, 1.54) is 30.5 Å². The maximum Gasteiger partial charge on any atom is 0.218 e. The van der Waals surface area contributed by atoms with E-state index in [0.29, 0.717) is 10.9 Å². The molecule has 112 valence electrons. The number of allylic oxidation sites excluding steroid dienone is 1. The summed E-state index contributed by atoms with van der Waals surface area (Å²) >= 11 is 5.76. The summed E-state index contributed by atoms with van der Waals surface area (Å²) in [6.07, 6.45) is 3.49. The van der Waals surface area contributed by atoms with Crippen molar-refractivity contribution in [2.45, 2.75) is 24.7 Å². The van der Waals surface area contributed by atoms with Crippen LogP contribution in [0.5, 0.6) is 0 Å². The van der Waals surface area contributed by atoms with Gasteiger partial charge in [-0.2, -0.15) is 5.26 Å². The smallest absolute Gasteiger partial charge is 0.218 e. The molecule has 0 atom stereocenters. The highest BCUT2D eigenvalue weighted by Gasteiger charge is 2.23. The number of benzene rings is 1. The summed E-state index contributed by atoms with van der Waals surface area (Å²) in [4.78, 5) is 1.77. The third-order valence-corrected chi connectivity index (χ3v) is 5.56. The van der Waals surface area contributed by atoms with Gasteiger partial charge in [0.15, 0.2) is 4.91 Å². The molecule has 0 radical (unpaired) electrons. The Morgan fingerprint density at radius 3 is 2.43 bits per heavy atom. The van der Waals surface area contributed by atoms with Gasteiger partial charge in [-0.05, 0) is 43.0 Å². The lowest BCUT2D eigenvalue weighted by atomic mass is 10.00. The molecule has 0 unspecified atom stereocenters. The molecule has 0 saturated carbocycles. The van der Waals surface area contributed by atoms with E-state index in [4.69, 9.17) is 11.6 Å². The maximum absolute atomic E-state index is 12.5. The first kappa shape index (κ1) is 15.9. The van der Waals surface area contributed by atoms with Crippen LogP contribution < -0.4 is 0 Å². The van der Waals surface area contributed by atoms with Gasteiger partial charge in [0.05, 0.1) is 4.90 Å². The molecule has 1 aromatic carbocycles. The van der Waals surface area contributed by atoms with Crippen LogP contribution in [0.25, 0.3) is 0 Å². The van der Waals surface area contributed by atoms with Crippen molar-refractivity contribution in [1.82, 2.24) is 4.90 Å². The van der Waals surface area contributed by atoms with Crippen molar-refractivity contribution < 1.29 is 8.42 Å². The number of likely N-dealkylation sites (tertiary alicyclic amines) is 1. The molecule has 0 aliphatic carbocycles. The quantitative estimate of drug-likeness (QED) is 0.801. The van der Waals surface area contributed by atoms with E-state index in [1.807, 2.05) is 11.0 Å². The maximum atomic E-state index is 12.5. The standard InChI is InChI=1S/C15H17ClN2O2S/c1-12-6-8-18(9-7-12)11-15(10-17)21(19,20)14-4-2-13(16)3-5-14/h2-5,11-12H,6-9H2,1H3. The van der Waals surface area contributed by atoms with Crippen molar-refractivity contribution in [2.24, 2.45) is 5.92 Å². The minimum atomic E-state index is -3.78. The first-order valence-corrected chi connectivity index (χ1v) is 8.66. The van der Waals surface area contributed by atoms with Crippen LogP contribution in [0.2, 0.25) is 5.02 Å². The molecular weight excluding hydrogens is 308 g/mol. The van der Waals surface area contributed by atoms with Crippen LogP contribution in [-0.2, 0) is 9.84 Å². The predicted molar refractivity (Wildman–Crippen MR) is 82.3 cm³/mol. The lowest BCUT2D eigenvalue weighted by Crippen LogP contribution is -2.29. The van der Waals surface area contributed by atoms with E-state index in [9.17, 15) is 13.7 Å². The van der Waals surface area contributed by atoms with Crippen LogP contribution in [0.15, 0.2) is 40.3 Å². The van der Waals surface area contributed by atoms with Gasteiger partial charge in [0.1, 0.15) is 6.07 Å². The number of sulfone groups is 1. The van der Waals surface area contributed by atoms with Gasteiger partial charge in [0.2, 0.25) is 9.84 Å². The van der Waals surface area contributed by atoms with Crippen molar-refractivity contribution in [3.8, 4) is 6.07 Å². The largest absolute Gasteiger partial charge is 0.376 e. The Kier molecular flexibility index (Phi) is 4.92. The monoisotopic (exact) mass is 324 g/mol. The Balaban J connectivity index is 2.28. The normalized spacial score (nSPS) is 17.6. The lowest BCUT2D eigenvalue weighted by molar-refractivity contribution is 0.255. The summed E-state index contributed by atoms with van der Waals surface area (Å²) in [6, 6.07) is 7.66. The zero-order valence-corrected chi connectivity index (χ0v) is 13.4. The number of halogens is 1. The summed E-state index contributed by atoms with van der Waals surface area (Å²) in [7, 11) is -3.78. The van der Waals surface area contributed by atoms with Crippen molar-refractivity contribution in [2.75, 3.05) is 13.1 Å². The molecule has 0 bridgehead atoms. The molecule has 0 spiro atoms. The average molecular weight is 325 g/mol. The van der Waals surface area contributed by atoms with Gasteiger partial charge in [-0.15, -0.1) is 0 Å². The van der Waals surface area contributed by atoms with E-state index in [-0.39, 0.29) is 9.80 Å². The number of nitriles is 1. The van der Waals surface area contributed by atoms with Crippen molar-refractivity contribution in [3.05, 3.63) is 40.4 Å². The Labute approximate surface area is 130 Å². The van der Waals surface area contributed by atoms with E-state index in [1.54, 1.807) is 0 Å². The molecule has 1 aromatic rings. The molecular formula is C15H17ClN2O2S. The minimum absolute atomic E-state index is 0.0880. The number of nitrogens with zero attached hydrogens (tertiary/aromatic N) is 2. The SMILES string of the molecule is CC1CCN(C=C(C#N)S(=O)(=O)c2ccc(Cl)cc2)CC1. The third kappa shape index (κ3) is 3.78. The van der Waals surface area contributed by atoms with Crippen LogP contribution in [0.4, 0.5) is 0 Å².